The number of anilines is 1. The van der Waals surface area contributed by atoms with E-state index >= 15 is 0 Å². The van der Waals surface area contributed by atoms with Gasteiger partial charge >= 0.3 is 12.0 Å². The number of carbonyl (C=O) groups is 3. The number of nitrogens with one attached hydrogen (secondary N) is 1. The van der Waals surface area contributed by atoms with Crippen molar-refractivity contribution in [1.29, 1.82) is 0 Å². The minimum Gasteiger partial charge on any atom is -0.449 e. The molecule has 0 spiro atoms. The average Bonchev–Trinajstić information content (AvgIpc) is 2.72. The first-order chi connectivity index (χ1) is 14.6. The van der Waals surface area contributed by atoms with Crippen molar-refractivity contribution in [2.75, 3.05) is 10.8 Å². The maximum atomic E-state index is 13.2. The Kier molecular flexibility index (Phi) is 7.78. The molecule has 31 heavy (non-hydrogen) atoms. The molecular formula is C20H20ClN3O6S. The summed E-state index contributed by atoms with van der Waals surface area (Å²) in [4.78, 5) is 34.7. The largest absolute Gasteiger partial charge is 0.449 e. The number of ether oxygens (including phenoxy) is 1. The second kappa shape index (κ2) is 10.1. The van der Waals surface area contributed by atoms with Gasteiger partial charge in [0.2, 0.25) is 0 Å². The number of nitrogens with zero attached hydrogens (tertiary/aromatic N) is 1. The van der Waals surface area contributed by atoms with Gasteiger partial charge in [-0.3, -0.25) is 14.4 Å². The third kappa shape index (κ3) is 5.83. The fourth-order valence-electron chi connectivity index (χ4n) is 2.50. The van der Waals surface area contributed by atoms with Crippen molar-refractivity contribution < 1.29 is 27.5 Å². The van der Waals surface area contributed by atoms with E-state index in [0.29, 0.717) is 5.69 Å². The zero-order chi connectivity index (χ0) is 23.2. The summed E-state index contributed by atoms with van der Waals surface area (Å²) in [6, 6.07) is 10.8. The van der Waals surface area contributed by atoms with Crippen LogP contribution in [0.1, 0.15) is 17.3 Å². The van der Waals surface area contributed by atoms with E-state index in [1.807, 2.05) is 0 Å². The van der Waals surface area contributed by atoms with Crippen LogP contribution in [0.3, 0.4) is 0 Å². The highest BCUT2D eigenvalue weighted by Gasteiger charge is 2.27. The number of benzene rings is 2. The number of sulfonamides is 1. The van der Waals surface area contributed by atoms with Gasteiger partial charge in [-0.25, -0.2) is 18.0 Å². The maximum Gasteiger partial charge on any atom is 0.340 e. The summed E-state index contributed by atoms with van der Waals surface area (Å²) in [6.07, 6.45) is 0.0483. The monoisotopic (exact) mass is 465 g/mol. The lowest BCUT2D eigenvalue weighted by Gasteiger charge is -2.23. The highest BCUT2D eigenvalue weighted by molar-refractivity contribution is 7.92. The predicted molar refractivity (Wildman–Crippen MR) is 115 cm³/mol. The number of hydrogen-bond acceptors (Lipinski definition) is 6. The van der Waals surface area contributed by atoms with Crippen LogP contribution in [0, 0.1) is 0 Å². The van der Waals surface area contributed by atoms with Crippen LogP contribution in [0.4, 0.5) is 10.5 Å². The first-order valence-corrected chi connectivity index (χ1v) is 10.7. The zero-order valence-electron chi connectivity index (χ0n) is 16.4. The van der Waals surface area contributed by atoms with Crippen molar-refractivity contribution in [3.8, 4) is 0 Å². The molecule has 0 heterocycles. The number of esters is 1. The summed E-state index contributed by atoms with van der Waals surface area (Å²) in [5.74, 6) is -1.99. The fraction of sp³-hybridized carbons (Fsp3) is 0.150. The Bertz CT molecular complexity index is 1110. The molecule has 0 saturated carbocycles. The van der Waals surface area contributed by atoms with E-state index in [1.54, 1.807) is 35.6 Å². The molecule has 0 saturated heterocycles. The van der Waals surface area contributed by atoms with Crippen molar-refractivity contribution in [2.24, 2.45) is 5.73 Å². The molecule has 9 nitrogen and oxygen atoms in total. The molecule has 3 amide bonds. The Balaban J connectivity index is 2.38. The molecular weight excluding hydrogens is 446 g/mol. The maximum absolute atomic E-state index is 13.2. The van der Waals surface area contributed by atoms with Crippen LogP contribution >= 0.6 is 11.6 Å². The number of hydrogen-bond donors (Lipinski definition) is 2. The van der Waals surface area contributed by atoms with E-state index in [-0.39, 0.29) is 22.0 Å². The van der Waals surface area contributed by atoms with E-state index in [2.05, 4.69) is 6.58 Å². The lowest BCUT2D eigenvalue weighted by molar-refractivity contribution is -0.127. The molecule has 2 aromatic carbocycles. The lowest BCUT2D eigenvalue weighted by atomic mass is 10.2. The highest BCUT2D eigenvalue weighted by Crippen LogP contribution is 2.27. The van der Waals surface area contributed by atoms with Gasteiger partial charge in [0.15, 0.2) is 6.10 Å². The van der Waals surface area contributed by atoms with Crippen LogP contribution in [0.15, 0.2) is 66.1 Å². The van der Waals surface area contributed by atoms with Crippen molar-refractivity contribution >= 4 is 45.2 Å². The van der Waals surface area contributed by atoms with Crippen molar-refractivity contribution in [3.05, 3.63) is 71.8 Å². The first-order valence-electron chi connectivity index (χ1n) is 8.87. The van der Waals surface area contributed by atoms with Gasteiger partial charge in [0.25, 0.3) is 15.9 Å². The van der Waals surface area contributed by atoms with E-state index in [4.69, 9.17) is 22.1 Å². The minimum atomic E-state index is -4.09. The van der Waals surface area contributed by atoms with E-state index < -0.39 is 34.0 Å². The number of primary amides is 1. The Morgan fingerprint density at radius 1 is 1.23 bits per heavy atom. The molecule has 2 aromatic rings. The van der Waals surface area contributed by atoms with Crippen LogP contribution in [-0.2, 0) is 19.6 Å². The average molecular weight is 466 g/mol. The number of imide groups is 1. The summed E-state index contributed by atoms with van der Waals surface area (Å²) in [7, 11) is -4.09. The lowest BCUT2D eigenvalue weighted by Crippen LogP contribution is -2.42. The van der Waals surface area contributed by atoms with Gasteiger partial charge in [-0.15, -0.1) is 6.58 Å². The quantitative estimate of drug-likeness (QED) is 0.454. The standard InChI is InChI=1S/C20H20ClN3O6S/c1-3-11-24(14-7-5-4-6-8-14)31(28,29)15-9-10-17(21)16(12-15)19(26)30-13(2)18(25)23-20(22)27/h3-10,12-13H,1,11H2,2H3,(H3,22,23,25,27)/t13-/m0/s1. The molecule has 1 atom stereocenters. The number of carbonyl (C=O) groups excluding carboxylic acids is 3. The molecule has 0 radical (unpaired) electrons. The van der Waals surface area contributed by atoms with Crippen LogP contribution in [0.25, 0.3) is 0 Å². The SMILES string of the molecule is C=CCN(c1ccccc1)S(=O)(=O)c1ccc(Cl)c(C(=O)O[C@@H](C)C(=O)NC(N)=O)c1. The third-order valence-electron chi connectivity index (χ3n) is 3.98. The van der Waals surface area contributed by atoms with Gasteiger partial charge in [0.1, 0.15) is 0 Å². The Hall–Kier alpha value is -3.37. The first kappa shape index (κ1) is 23.9. The van der Waals surface area contributed by atoms with Gasteiger partial charge in [-0.1, -0.05) is 35.9 Å². The highest BCUT2D eigenvalue weighted by atomic mass is 35.5. The zero-order valence-corrected chi connectivity index (χ0v) is 18.0. The Morgan fingerprint density at radius 2 is 1.87 bits per heavy atom. The number of rotatable bonds is 8. The smallest absolute Gasteiger partial charge is 0.340 e. The number of urea groups is 1. The summed E-state index contributed by atoms with van der Waals surface area (Å²) >= 11 is 6.05. The van der Waals surface area contributed by atoms with Crippen molar-refractivity contribution in [1.82, 2.24) is 5.32 Å². The normalized spacial score (nSPS) is 11.8. The minimum absolute atomic E-state index is 0.0148. The molecule has 0 aliphatic heterocycles. The third-order valence-corrected chi connectivity index (χ3v) is 6.10. The van der Waals surface area contributed by atoms with Gasteiger partial charge in [-0.05, 0) is 37.3 Å². The van der Waals surface area contributed by atoms with Crippen LogP contribution in [0.5, 0.6) is 0 Å². The summed E-state index contributed by atoms with van der Waals surface area (Å²) in [5, 5.41) is 1.69. The van der Waals surface area contributed by atoms with Crippen LogP contribution in [-0.4, -0.2) is 39.0 Å². The second-order valence-corrected chi connectivity index (χ2v) is 8.47. The molecule has 0 aromatic heterocycles. The number of para-hydroxylation sites is 1. The molecule has 2 rings (SSSR count). The second-order valence-electron chi connectivity index (χ2n) is 6.20. The van der Waals surface area contributed by atoms with Crippen molar-refractivity contribution in [3.63, 3.8) is 0 Å². The van der Waals surface area contributed by atoms with E-state index in [1.165, 1.54) is 25.1 Å². The topological polar surface area (TPSA) is 136 Å². The Labute approximate surface area is 184 Å². The molecule has 0 aliphatic rings. The summed E-state index contributed by atoms with van der Waals surface area (Å²) in [6.45, 7) is 4.79. The van der Waals surface area contributed by atoms with Crippen LogP contribution in [0.2, 0.25) is 5.02 Å². The van der Waals surface area contributed by atoms with Gasteiger partial charge in [0.05, 0.1) is 27.7 Å². The number of amides is 3. The fourth-order valence-corrected chi connectivity index (χ4v) is 4.16. The summed E-state index contributed by atoms with van der Waals surface area (Å²) < 4.78 is 32.5. The van der Waals surface area contributed by atoms with Gasteiger partial charge in [-0.2, -0.15) is 0 Å². The van der Waals surface area contributed by atoms with E-state index in [0.717, 1.165) is 10.4 Å². The molecule has 164 valence electrons. The molecule has 0 fully saturated rings. The van der Waals surface area contributed by atoms with Crippen molar-refractivity contribution in [2.45, 2.75) is 17.9 Å². The summed E-state index contributed by atoms with van der Waals surface area (Å²) in [5.41, 5.74) is 4.99. The molecule has 0 aliphatic carbocycles. The molecule has 0 unspecified atom stereocenters. The number of halogens is 1. The predicted octanol–water partition coefficient (Wildman–Crippen LogP) is 2.46. The number of nitrogens with two attached hydrogens (primary N) is 1. The molecule has 11 heteroatoms. The van der Waals surface area contributed by atoms with Gasteiger partial charge < -0.3 is 10.5 Å². The van der Waals surface area contributed by atoms with Crippen LogP contribution < -0.4 is 15.4 Å². The van der Waals surface area contributed by atoms with Gasteiger partial charge in [0, 0.05) is 0 Å². The Morgan fingerprint density at radius 3 is 2.45 bits per heavy atom. The van der Waals surface area contributed by atoms with E-state index in [9.17, 15) is 22.8 Å². The molecule has 0 bridgehead atoms. The molecule has 3 N–H and O–H groups in total.